The van der Waals surface area contributed by atoms with Gasteiger partial charge in [0.2, 0.25) is 0 Å². The molecule has 10 heteroatoms. The average molecular weight is 671 g/mol. The predicted molar refractivity (Wildman–Crippen MR) is 183 cm³/mol. The third-order valence-corrected chi connectivity index (χ3v) is 8.29. The number of allylic oxidation sites excluding steroid dienone is 4. The van der Waals surface area contributed by atoms with Gasteiger partial charge in [0.25, 0.3) is 0 Å². The number of carbonyl (C=O) groups excluding carboxylic acids is 2. The summed E-state index contributed by atoms with van der Waals surface area (Å²) in [6.45, 7) is 3.28. The van der Waals surface area contributed by atoms with E-state index in [0.717, 1.165) is 77.0 Å². The van der Waals surface area contributed by atoms with Crippen molar-refractivity contribution in [2.24, 2.45) is 0 Å². The fourth-order valence-electron chi connectivity index (χ4n) is 5.30. The smallest absolute Gasteiger partial charge is 0.306 e. The zero-order valence-corrected chi connectivity index (χ0v) is 29.3. The van der Waals surface area contributed by atoms with Gasteiger partial charge < -0.3 is 39.4 Å². The summed E-state index contributed by atoms with van der Waals surface area (Å²) in [6, 6.07) is 0. The zero-order valence-electron chi connectivity index (χ0n) is 29.3. The Balaban J connectivity index is 2.44. The molecule has 1 saturated heterocycles. The molecule has 1 aliphatic heterocycles. The van der Waals surface area contributed by atoms with Gasteiger partial charge in [-0.05, 0) is 57.8 Å². The molecule has 4 N–H and O–H groups in total. The van der Waals surface area contributed by atoms with Gasteiger partial charge >= 0.3 is 11.9 Å². The van der Waals surface area contributed by atoms with Crippen molar-refractivity contribution in [3.63, 3.8) is 0 Å². The Bertz CT molecular complexity index is 830. The van der Waals surface area contributed by atoms with E-state index >= 15 is 0 Å². The number of unbranched alkanes of at least 4 members (excludes halogenated alkanes) is 14. The summed E-state index contributed by atoms with van der Waals surface area (Å²) in [6.07, 6.45) is 20.5. The Morgan fingerprint density at radius 2 is 1.17 bits per heavy atom. The fraction of sp³-hybridized carbons (Fsp3) is 0.838. The van der Waals surface area contributed by atoms with E-state index in [1.54, 1.807) is 0 Å². The normalized spacial score (nSPS) is 22.2. The summed E-state index contributed by atoms with van der Waals surface area (Å²) in [5.41, 5.74) is 0. The summed E-state index contributed by atoms with van der Waals surface area (Å²) in [5, 5.41) is 39.8. The first-order valence-corrected chi connectivity index (χ1v) is 18.4. The monoisotopic (exact) mass is 670 g/mol. The number of ether oxygens (including phenoxy) is 4. The molecule has 1 heterocycles. The second kappa shape index (κ2) is 29.1. The van der Waals surface area contributed by atoms with E-state index in [-0.39, 0.29) is 26.1 Å². The van der Waals surface area contributed by atoms with Gasteiger partial charge in [0.15, 0.2) is 12.4 Å². The number of hydrogen-bond donors (Lipinski definition) is 4. The van der Waals surface area contributed by atoms with Crippen molar-refractivity contribution in [2.45, 2.75) is 179 Å². The van der Waals surface area contributed by atoms with E-state index in [2.05, 4.69) is 38.2 Å². The van der Waals surface area contributed by atoms with Crippen LogP contribution in [0.25, 0.3) is 0 Å². The fourth-order valence-corrected chi connectivity index (χ4v) is 5.30. The van der Waals surface area contributed by atoms with Crippen LogP contribution in [0.2, 0.25) is 0 Å². The number of rotatable bonds is 29. The minimum atomic E-state index is -1.59. The third kappa shape index (κ3) is 21.7. The highest BCUT2D eigenvalue weighted by Gasteiger charge is 2.44. The standard InChI is InChI=1S/C37H66O10/c1-3-5-7-9-11-13-15-16-18-20-22-24-26-33(40)46-30(29-45-37-36(43)35(42)34(41)31(27-38)47-37)28-44-32(39)25-23-21-19-17-14-12-10-8-6-4-2/h8,10-11,13,30-31,34-38,41-43H,3-7,9,12,14-29H2,1-2H3/b10-8-,13-11-. The molecule has 1 fully saturated rings. The largest absolute Gasteiger partial charge is 0.462 e. The molecular weight excluding hydrogens is 604 g/mol. The van der Waals surface area contributed by atoms with Crippen LogP contribution in [0.15, 0.2) is 24.3 Å². The molecular formula is C37H66O10. The third-order valence-electron chi connectivity index (χ3n) is 8.29. The maximum Gasteiger partial charge on any atom is 0.306 e. The van der Waals surface area contributed by atoms with Crippen molar-refractivity contribution < 1.29 is 49.0 Å². The summed E-state index contributed by atoms with van der Waals surface area (Å²) in [4.78, 5) is 25.1. The van der Waals surface area contributed by atoms with E-state index in [9.17, 15) is 30.0 Å². The van der Waals surface area contributed by atoms with Gasteiger partial charge in [-0.25, -0.2) is 0 Å². The van der Waals surface area contributed by atoms with Crippen molar-refractivity contribution in [3.8, 4) is 0 Å². The van der Waals surface area contributed by atoms with Crippen LogP contribution < -0.4 is 0 Å². The molecule has 0 aliphatic carbocycles. The number of aliphatic hydroxyl groups is 4. The number of esters is 2. The van der Waals surface area contributed by atoms with Crippen LogP contribution in [-0.2, 0) is 28.5 Å². The highest BCUT2D eigenvalue weighted by atomic mass is 16.7. The first-order chi connectivity index (χ1) is 22.8. The van der Waals surface area contributed by atoms with E-state index in [4.69, 9.17) is 18.9 Å². The van der Waals surface area contributed by atoms with Crippen LogP contribution >= 0.6 is 0 Å². The lowest BCUT2D eigenvalue weighted by atomic mass is 9.99. The highest BCUT2D eigenvalue weighted by Crippen LogP contribution is 2.22. The van der Waals surface area contributed by atoms with Gasteiger partial charge in [-0.3, -0.25) is 9.59 Å². The highest BCUT2D eigenvalue weighted by molar-refractivity contribution is 5.70. The molecule has 6 atom stereocenters. The number of aliphatic hydroxyl groups excluding tert-OH is 4. The molecule has 0 aromatic rings. The molecule has 47 heavy (non-hydrogen) atoms. The van der Waals surface area contributed by atoms with Crippen molar-refractivity contribution >= 4 is 11.9 Å². The van der Waals surface area contributed by atoms with E-state index in [1.165, 1.54) is 25.7 Å². The Hall–Kier alpha value is -1.82. The molecule has 1 aliphatic rings. The van der Waals surface area contributed by atoms with Gasteiger partial charge in [-0.15, -0.1) is 0 Å². The quantitative estimate of drug-likeness (QED) is 0.0411. The summed E-state index contributed by atoms with van der Waals surface area (Å²) in [7, 11) is 0. The topological polar surface area (TPSA) is 152 Å². The van der Waals surface area contributed by atoms with Gasteiger partial charge in [0, 0.05) is 12.8 Å². The molecule has 6 unspecified atom stereocenters. The summed E-state index contributed by atoms with van der Waals surface area (Å²) >= 11 is 0. The molecule has 0 spiro atoms. The Morgan fingerprint density at radius 1 is 0.638 bits per heavy atom. The van der Waals surface area contributed by atoms with Crippen LogP contribution in [0, 0.1) is 0 Å². The van der Waals surface area contributed by atoms with Crippen molar-refractivity contribution in [2.75, 3.05) is 19.8 Å². The molecule has 0 amide bonds. The number of carbonyl (C=O) groups is 2. The number of hydrogen-bond acceptors (Lipinski definition) is 10. The molecule has 0 aromatic heterocycles. The molecule has 1 rings (SSSR count). The molecule has 0 aromatic carbocycles. The van der Waals surface area contributed by atoms with Crippen LogP contribution in [0.4, 0.5) is 0 Å². The van der Waals surface area contributed by atoms with Crippen molar-refractivity contribution in [3.05, 3.63) is 24.3 Å². The van der Waals surface area contributed by atoms with E-state index in [0.29, 0.717) is 12.8 Å². The average Bonchev–Trinajstić information content (AvgIpc) is 3.06. The van der Waals surface area contributed by atoms with Gasteiger partial charge in [0.05, 0.1) is 13.2 Å². The lowest BCUT2D eigenvalue weighted by molar-refractivity contribution is -0.305. The van der Waals surface area contributed by atoms with Crippen molar-refractivity contribution in [1.82, 2.24) is 0 Å². The predicted octanol–water partition coefficient (Wildman–Crippen LogP) is 6.21. The Labute approximate surface area is 283 Å². The Kier molecular flexibility index (Phi) is 26.8. The SMILES string of the molecule is CCC/C=C\CCCCCCCC(=O)OCC(COC1OC(CO)C(O)C(O)C1O)OC(=O)CCCCCCC/C=C\CCCCC. The maximum absolute atomic E-state index is 12.6. The molecule has 0 saturated carbocycles. The molecule has 0 bridgehead atoms. The maximum atomic E-state index is 12.6. The summed E-state index contributed by atoms with van der Waals surface area (Å²) < 4.78 is 22.0. The first kappa shape index (κ1) is 43.2. The lowest BCUT2D eigenvalue weighted by Gasteiger charge is -2.39. The van der Waals surface area contributed by atoms with Crippen molar-refractivity contribution in [1.29, 1.82) is 0 Å². The second-order valence-electron chi connectivity index (χ2n) is 12.7. The molecule has 10 nitrogen and oxygen atoms in total. The summed E-state index contributed by atoms with van der Waals surface area (Å²) in [5.74, 6) is -0.833. The van der Waals surface area contributed by atoms with E-state index in [1.807, 2.05) is 0 Å². The van der Waals surface area contributed by atoms with Crippen LogP contribution in [0.1, 0.15) is 142 Å². The molecule has 274 valence electrons. The minimum absolute atomic E-state index is 0.218. The van der Waals surface area contributed by atoms with Gasteiger partial charge in [0.1, 0.15) is 31.0 Å². The minimum Gasteiger partial charge on any atom is -0.462 e. The lowest BCUT2D eigenvalue weighted by Crippen LogP contribution is -2.59. The second-order valence-corrected chi connectivity index (χ2v) is 12.7. The van der Waals surface area contributed by atoms with Crippen LogP contribution in [-0.4, -0.2) is 89.0 Å². The van der Waals surface area contributed by atoms with Gasteiger partial charge in [-0.2, -0.15) is 0 Å². The molecule has 0 radical (unpaired) electrons. The first-order valence-electron chi connectivity index (χ1n) is 18.4. The zero-order chi connectivity index (χ0) is 34.5. The Morgan fingerprint density at radius 3 is 1.74 bits per heavy atom. The van der Waals surface area contributed by atoms with Crippen LogP contribution in [0.3, 0.4) is 0 Å². The van der Waals surface area contributed by atoms with Gasteiger partial charge in [-0.1, -0.05) is 95.9 Å². The van der Waals surface area contributed by atoms with E-state index < -0.39 is 55.4 Å². The van der Waals surface area contributed by atoms with Crippen LogP contribution in [0.5, 0.6) is 0 Å².